The number of methoxy groups -OCH3 is 1. The first-order chi connectivity index (χ1) is 14.9. The molecule has 0 spiro atoms. The number of aromatic nitrogens is 1. The first kappa shape index (κ1) is 23.1. The van der Waals surface area contributed by atoms with Gasteiger partial charge in [0.2, 0.25) is 0 Å². The molecule has 0 bridgehead atoms. The molecule has 2 heterocycles. The fraction of sp³-hybridized carbons (Fsp3) is 0.435. The van der Waals surface area contributed by atoms with Gasteiger partial charge in [0.05, 0.1) is 13.2 Å². The summed E-state index contributed by atoms with van der Waals surface area (Å²) in [5.41, 5.74) is 1.60. The van der Waals surface area contributed by atoms with Gasteiger partial charge in [0.1, 0.15) is 11.6 Å². The molecule has 166 valence electrons. The number of carbonyl (C=O) groups is 2. The lowest BCUT2D eigenvalue weighted by molar-refractivity contribution is -0.139. The van der Waals surface area contributed by atoms with Crippen molar-refractivity contribution in [1.82, 2.24) is 20.1 Å². The van der Waals surface area contributed by atoms with Crippen molar-refractivity contribution >= 4 is 23.2 Å². The summed E-state index contributed by atoms with van der Waals surface area (Å²) >= 11 is 1.64. The second kappa shape index (κ2) is 10.7. The van der Waals surface area contributed by atoms with Gasteiger partial charge in [-0.2, -0.15) is 0 Å². The van der Waals surface area contributed by atoms with Crippen LogP contribution in [0.1, 0.15) is 40.8 Å². The number of nitrogens with zero attached hydrogens (tertiary/aromatic N) is 3. The maximum absolute atomic E-state index is 12.3. The Morgan fingerprint density at radius 1 is 1.29 bits per heavy atom. The fourth-order valence-electron chi connectivity index (χ4n) is 3.99. The van der Waals surface area contributed by atoms with Crippen molar-refractivity contribution in [2.45, 2.75) is 32.0 Å². The summed E-state index contributed by atoms with van der Waals surface area (Å²) in [4.78, 5) is 33.1. The number of ether oxygens (including phenoxy) is 1. The number of rotatable bonds is 8. The molecule has 0 unspecified atom stereocenters. The minimum atomic E-state index is -0.479. The number of carbonyl (C=O) groups excluding carboxylic acids is 2. The first-order valence-electron chi connectivity index (χ1n) is 10.4. The molecule has 0 aliphatic carbocycles. The van der Waals surface area contributed by atoms with Crippen LogP contribution in [0.5, 0.6) is 0 Å². The monoisotopic (exact) mass is 442 g/mol. The van der Waals surface area contributed by atoms with Crippen LogP contribution in [0, 0.1) is 0 Å². The molecule has 3 rings (SSSR count). The zero-order valence-corrected chi connectivity index (χ0v) is 19.1. The molecule has 1 N–H and O–H groups in total. The van der Waals surface area contributed by atoms with E-state index in [-0.39, 0.29) is 18.5 Å². The molecule has 1 aliphatic rings. The van der Waals surface area contributed by atoms with Gasteiger partial charge in [-0.3, -0.25) is 19.4 Å². The van der Waals surface area contributed by atoms with E-state index in [1.165, 1.54) is 7.11 Å². The molecular weight excluding hydrogens is 412 g/mol. The summed E-state index contributed by atoms with van der Waals surface area (Å²) in [7, 11) is 1.29. The van der Waals surface area contributed by atoms with Gasteiger partial charge in [-0.05, 0) is 31.5 Å². The van der Waals surface area contributed by atoms with Gasteiger partial charge in [-0.1, -0.05) is 18.2 Å². The molecule has 3 atom stereocenters. The minimum absolute atomic E-state index is 0.0236. The number of thiazole rings is 1. The third kappa shape index (κ3) is 5.58. The topological polar surface area (TPSA) is 74.8 Å². The molecule has 1 saturated heterocycles. The molecule has 0 radical (unpaired) electrons. The predicted molar refractivity (Wildman–Crippen MR) is 122 cm³/mol. The van der Waals surface area contributed by atoms with Crippen molar-refractivity contribution in [3.63, 3.8) is 0 Å². The van der Waals surface area contributed by atoms with Crippen molar-refractivity contribution in [3.05, 3.63) is 64.6 Å². The Morgan fingerprint density at radius 2 is 2.03 bits per heavy atom. The molecule has 31 heavy (non-hydrogen) atoms. The number of piperazine rings is 1. The number of esters is 1. The highest BCUT2D eigenvalue weighted by Gasteiger charge is 2.35. The van der Waals surface area contributed by atoms with E-state index < -0.39 is 5.97 Å². The van der Waals surface area contributed by atoms with Crippen LogP contribution >= 0.6 is 11.3 Å². The quantitative estimate of drug-likeness (QED) is 0.501. The van der Waals surface area contributed by atoms with Crippen molar-refractivity contribution in [2.24, 2.45) is 0 Å². The Balaban J connectivity index is 1.81. The molecule has 1 fully saturated rings. The smallest absolute Gasteiger partial charge is 0.325 e. The summed E-state index contributed by atoms with van der Waals surface area (Å²) in [6, 6.07) is 8.32. The maximum Gasteiger partial charge on any atom is 0.325 e. The second-order valence-corrected chi connectivity index (χ2v) is 8.72. The first-order valence-corrected chi connectivity index (χ1v) is 11.3. The number of nitrogens with one attached hydrogen (secondary N) is 1. The maximum atomic E-state index is 12.3. The van der Waals surface area contributed by atoms with Gasteiger partial charge in [-0.25, -0.2) is 4.98 Å². The summed E-state index contributed by atoms with van der Waals surface area (Å²) in [6.45, 7) is 11.0. The van der Waals surface area contributed by atoms with Crippen LogP contribution in [-0.4, -0.2) is 72.0 Å². The third-order valence-corrected chi connectivity index (χ3v) is 6.48. The summed E-state index contributed by atoms with van der Waals surface area (Å²) < 4.78 is 4.56. The summed E-state index contributed by atoms with van der Waals surface area (Å²) in [5, 5.41) is 5.61. The highest BCUT2D eigenvalue weighted by Crippen LogP contribution is 2.34. The van der Waals surface area contributed by atoms with Gasteiger partial charge < -0.3 is 10.1 Å². The van der Waals surface area contributed by atoms with Crippen LogP contribution in [0.25, 0.3) is 0 Å². The zero-order chi connectivity index (χ0) is 22.4. The molecule has 1 amide bonds. The highest BCUT2D eigenvalue weighted by molar-refractivity contribution is 7.09. The molecule has 2 aromatic rings. The van der Waals surface area contributed by atoms with Crippen LogP contribution in [0.2, 0.25) is 0 Å². The van der Waals surface area contributed by atoms with Crippen molar-refractivity contribution < 1.29 is 14.3 Å². The third-order valence-electron chi connectivity index (χ3n) is 5.65. The van der Waals surface area contributed by atoms with E-state index in [9.17, 15) is 9.59 Å². The standard InChI is InChI=1S/C23H30N4O3S/c1-5-11-26-14-17(3)27(15-16(26)2)21(23-24-10-12-31-23)18-6-8-19(9-7-18)22(29)25-13-20(28)30-4/h5-10,12,16-17,21H,1,11,13-15H2,2-4H3,(H,25,29)/t16-,17+,21+/m1/s1. The van der Waals surface area contributed by atoms with E-state index in [4.69, 9.17) is 0 Å². The second-order valence-electron chi connectivity index (χ2n) is 7.79. The molecule has 1 aromatic heterocycles. The predicted octanol–water partition coefficient (Wildman–Crippen LogP) is 2.72. The van der Waals surface area contributed by atoms with E-state index in [0.29, 0.717) is 17.6 Å². The number of hydrogen-bond donors (Lipinski definition) is 1. The Hall–Kier alpha value is -2.55. The molecule has 7 nitrogen and oxygen atoms in total. The Bertz CT molecular complexity index is 885. The average molecular weight is 443 g/mol. The van der Waals surface area contributed by atoms with Gasteiger partial charge in [-0.15, -0.1) is 17.9 Å². The van der Waals surface area contributed by atoms with Gasteiger partial charge >= 0.3 is 5.97 Å². The largest absolute Gasteiger partial charge is 0.468 e. The van der Waals surface area contributed by atoms with Crippen molar-refractivity contribution in [3.8, 4) is 0 Å². The molecule has 1 aromatic carbocycles. The number of benzene rings is 1. The van der Waals surface area contributed by atoms with Crippen LogP contribution < -0.4 is 5.32 Å². The Morgan fingerprint density at radius 3 is 2.65 bits per heavy atom. The van der Waals surface area contributed by atoms with Gasteiger partial charge in [0, 0.05) is 48.9 Å². The number of hydrogen-bond acceptors (Lipinski definition) is 7. The normalized spacial score (nSPS) is 20.7. The van der Waals surface area contributed by atoms with Gasteiger partial charge in [0.25, 0.3) is 5.91 Å². The van der Waals surface area contributed by atoms with E-state index in [2.05, 4.69) is 45.3 Å². The molecule has 8 heteroatoms. The lowest BCUT2D eigenvalue weighted by Gasteiger charge is -2.46. The lowest BCUT2D eigenvalue weighted by Crippen LogP contribution is -2.57. The molecule has 1 aliphatic heterocycles. The van der Waals surface area contributed by atoms with Crippen LogP contribution in [-0.2, 0) is 9.53 Å². The average Bonchev–Trinajstić information content (AvgIpc) is 3.30. The van der Waals surface area contributed by atoms with Crippen LogP contribution in [0.15, 0.2) is 48.5 Å². The number of amides is 1. The van der Waals surface area contributed by atoms with E-state index >= 15 is 0 Å². The van der Waals surface area contributed by atoms with Crippen molar-refractivity contribution in [2.75, 3.05) is 33.3 Å². The molecule has 0 saturated carbocycles. The highest BCUT2D eigenvalue weighted by atomic mass is 32.1. The van der Waals surface area contributed by atoms with Crippen LogP contribution in [0.3, 0.4) is 0 Å². The summed E-state index contributed by atoms with van der Waals surface area (Å²) in [6.07, 6.45) is 3.80. The SMILES string of the molecule is C=CCN1C[C@H](C)N([C@@H](c2ccc(C(=O)NCC(=O)OC)cc2)c2nccs2)C[C@H]1C. The minimum Gasteiger partial charge on any atom is -0.468 e. The van der Waals surface area contributed by atoms with Crippen LogP contribution in [0.4, 0.5) is 0 Å². The molecular formula is C23H30N4O3S. The Labute approximate surface area is 187 Å². The van der Waals surface area contributed by atoms with Crippen molar-refractivity contribution in [1.29, 1.82) is 0 Å². The van der Waals surface area contributed by atoms with E-state index in [1.807, 2.05) is 29.8 Å². The fourth-order valence-corrected chi connectivity index (χ4v) is 4.78. The van der Waals surface area contributed by atoms with Gasteiger partial charge in [0.15, 0.2) is 0 Å². The summed E-state index contributed by atoms with van der Waals surface area (Å²) in [5.74, 6) is -0.782. The van der Waals surface area contributed by atoms with E-state index in [0.717, 1.165) is 30.2 Å². The lowest BCUT2D eigenvalue weighted by atomic mass is 9.98. The van der Waals surface area contributed by atoms with E-state index in [1.54, 1.807) is 23.5 Å². The zero-order valence-electron chi connectivity index (χ0n) is 18.3. The Kier molecular flexibility index (Phi) is 7.95.